The van der Waals surface area contributed by atoms with E-state index in [0.717, 1.165) is 36.9 Å². The van der Waals surface area contributed by atoms with Crippen molar-refractivity contribution >= 4 is 0 Å². The molecule has 0 amide bonds. The highest BCUT2D eigenvalue weighted by molar-refractivity contribution is 5.27. The lowest BCUT2D eigenvalue weighted by Gasteiger charge is -2.25. The Hall–Kier alpha value is -1.94. The predicted molar refractivity (Wildman–Crippen MR) is 78.5 cm³/mol. The van der Waals surface area contributed by atoms with E-state index in [1.165, 1.54) is 5.56 Å². The van der Waals surface area contributed by atoms with Crippen LogP contribution in [0.3, 0.4) is 0 Å². The highest BCUT2D eigenvalue weighted by atomic mass is 16.1. The molecule has 0 radical (unpaired) electrons. The molecule has 1 aliphatic rings. The van der Waals surface area contributed by atoms with Crippen molar-refractivity contribution in [2.75, 3.05) is 0 Å². The lowest BCUT2D eigenvalue weighted by atomic mass is 9.91. The molecule has 0 bridgehead atoms. The van der Waals surface area contributed by atoms with E-state index in [4.69, 9.17) is 5.73 Å². The van der Waals surface area contributed by atoms with Gasteiger partial charge in [-0.3, -0.25) is 9.78 Å². The zero-order chi connectivity index (χ0) is 13.9. The summed E-state index contributed by atoms with van der Waals surface area (Å²) in [5.74, 6) is 0. The SMILES string of the molecule is NC1CCCc2c1ccc(=O)n2CCc1ccncc1. The molecule has 0 aromatic carbocycles. The Kier molecular flexibility index (Phi) is 3.65. The topological polar surface area (TPSA) is 60.9 Å². The molecule has 0 saturated carbocycles. The van der Waals surface area contributed by atoms with Gasteiger partial charge in [0, 0.05) is 36.7 Å². The van der Waals surface area contributed by atoms with Crippen LogP contribution in [-0.4, -0.2) is 9.55 Å². The smallest absolute Gasteiger partial charge is 0.250 e. The van der Waals surface area contributed by atoms with Gasteiger partial charge >= 0.3 is 0 Å². The van der Waals surface area contributed by atoms with Gasteiger partial charge in [-0.2, -0.15) is 0 Å². The summed E-state index contributed by atoms with van der Waals surface area (Å²) in [6, 6.07) is 7.62. The minimum atomic E-state index is 0.0755. The number of aryl methyl sites for hydroxylation is 1. The van der Waals surface area contributed by atoms with Crippen LogP contribution in [0, 0.1) is 0 Å². The molecule has 4 nitrogen and oxygen atoms in total. The molecule has 20 heavy (non-hydrogen) atoms. The Morgan fingerprint density at radius 2 is 2.05 bits per heavy atom. The number of hydrogen-bond donors (Lipinski definition) is 1. The highest BCUT2D eigenvalue weighted by Gasteiger charge is 2.19. The molecule has 2 N–H and O–H groups in total. The van der Waals surface area contributed by atoms with Crippen molar-refractivity contribution in [1.29, 1.82) is 0 Å². The summed E-state index contributed by atoms with van der Waals surface area (Å²) in [6.07, 6.45) is 7.44. The van der Waals surface area contributed by atoms with E-state index in [0.29, 0.717) is 6.54 Å². The van der Waals surface area contributed by atoms with E-state index in [1.54, 1.807) is 18.5 Å². The molecule has 3 rings (SSSR count). The number of nitrogens with two attached hydrogens (primary N) is 1. The van der Waals surface area contributed by atoms with Crippen LogP contribution in [0.15, 0.2) is 41.5 Å². The average Bonchev–Trinajstić information content (AvgIpc) is 2.47. The van der Waals surface area contributed by atoms with E-state index in [2.05, 4.69) is 4.98 Å². The molecule has 1 atom stereocenters. The maximum atomic E-state index is 12.1. The van der Waals surface area contributed by atoms with Crippen LogP contribution in [0.25, 0.3) is 0 Å². The van der Waals surface area contributed by atoms with E-state index in [1.807, 2.05) is 22.8 Å². The van der Waals surface area contributed by atoms with Crippen molar-refractivity contribution in [1.82, 2.24) is 9.55 Å². The Labute approximate surface area is 118 Å². The van der Waals surface area contributed by atoms with Gasteiger partial charge in [-0.05, 0) is 48.9 Å². The van der Waals surface area contributed by atoms with Crippen molar-refractivity contribution in [2.24, 2.45) is 5.73 Å². The van der Waals surface area contributed by atoms with Gasteiger partial charge in [-0.25, -0.2) is 0 Å². The van der Waals surface area contributed by atoms with Crippen molar-refractivity contribution in [3.63, 3.8) is 0 Å². The standard InChI is InChI=1S/C16H19N3O/c17-14-2-1-3-15-13(14)4-5-16(20)19(15)11-8-12-6-9-18-10-7-12/h4-7,9-10,14H,1-3,8,11,17H2. The Bertz CT molecular complexity index is 649. The largest absolute Gasteiger partial charge is 0.324 e. The van der Waals surface area contributed by atoms with Gasteiger partial charge in [0.2, 0.25) is 0 Å². The second kappa shape index (κ2) is 5.59. The van der Waals surface area contributed by atoms with Gasteiger partial charge in [0.15, 0.2) is 0 Å². The van der Waals surface area contributed by atoms with Gasteiger partial charge in [-0.1, -0.05) is 6.07 Å². The van der Waals surface area contributed by atoms with Gasteiger partial charge in [-0.15, -0.1) is 0 Å². The van der Waals surface area contributed by atoms with Gasteiger partial charge in [0.25, 0.3) is 5.56 Å². The molecular formula is C16H19N3O. The molecule has 0 spiro atoms. The minimum absolute atomic E-state index is 0.0755. The minimum Gasteiger partial charge on any atom is -0.324 e. The third-order valence-corrected chi connectivity index (χ3v) is 4.03. The van der Waals surface area contributed by atoms with Crippen molar-refractivity contribution in [3.8, 4) is 0 Å². The number of nitrogens with zero attached hydrogens (tertiary/aromatic N) is 2. The molecule has 2 heterocycles. The van der Waals surface area contributed by atoms with Crippen LogP contribution in [0.5, 0.6) is 0 Å². The number of aromatic nitrogens is 2. The normalized spacial score (nSPS) is 17.8. The fourth-order valence-corrected chi connectivity index (χ4v) is 2.93. The maximum absolute atomic E-state index is 12.1. The molecule has 0 aliphatic heterocycles. The summed E-state index contributed by atoms with van der Waals surface area (Å²) in [4.78, 5) is 16.1. The summed E-state index contributed by atoms with van der Waals surface area (Å²) in [5.41, 5.74) is 9.70. The Morgan fingerprint density at radius 1 is 1.25 bits per heavy atom. The van der Waals surface area contributed by atoms with Gasteiger partial charge in [0.05, 0.1) is 0 Å². The van der Waals surface area contributed by atoms with E-state index in [9.17, 15) is 4.79 Å². The monoisotopic (exact) mass is 269 g/mol. The molecule has 2 aromatic rings. The number of rotatable bonds is 3. The Morgan fingerprint density at radius 3 is 2.85 bits per heavy atom. The third kappa shape index (κ3) is 2.51. The quantitative estimate of drug-likeness (QED) is 0.924. The first-order valence-electron chi connectivity index (χ1n) is 7.13. The molecule has 4 heteroatoms. The van der Waals surface area contributed by atoms with E-state index >= 15 is 0 Å². The van der Waals surface area contributed by atoms with Gasteiger partial charge < -0.3 is 10.3 Å². The second-order valence-corrected chi connectivity index (χ2v) is 5.33. The lowest BCUT2D eigenvalue weighted by Crippen LogP contribution is -2.29. The summed E-state index contributed by atoms with van der Waals surface area (Å²) in [5, 5.41) is 0. The fourth-order valence-electron chi connectivity index (χ4n) is 2.93. The third-order valence-electron chi connectivity index (χ3n) is 4.03. The van der Waals surface area contributed by atoms with Crippen LogP contribution in [0.4, 0.5) is 0 Å². The molecule has 1 unspecified atom stereocenters. The van der Waals surface area contributed by atoms with Crippen molar-refractivity contribution < 1.29 is 0 Å². The van der Waals surface area contributed by atoms with E-state index in [-0.39, 0.29) is 11.6 Å². The first kappa shape index (κ1) is 13.1. The molecule has 104 valence electrons. The maximum Gasteiger partial charge on any atom is 0.250 e. The van der Waals surface area contributed by atoms with Crippen LogP contribution < -0.4 is 11.3 Å². The van der Waals surface area contributed by atoms with Crippen LogP contribution in [0.1, 0.15) is 35.7 Å². The number of hydrogen-bond acceptors (Lipinski definition) is 3. The lowest BCUT2D eigenvalue weighted by molar-refractivity contribution is 0.517. The molecular weight excluding hydrogens is 250 g/mol. The van der Waals surface area contributed by atoms with Crippen LogP contribution in [-0.2, 0) is 19.4 Å². The molecule has 0 fully saturated rings. The van der Waals surface area contributed by atoms with Crippen molar-refractivity contribution in [2.45, 2.75) is 38.3 Å². The summed E-state index contributed by atoms with van der Waals surface area (Å²) in [6.45, 7) is 0.707. The summed E-state index contributed by atoms with van der Waals surface area (Å²) >= 11 is 0. The molecule has 1 aliphatic carbocycles. The fraction of sp³-hybridized carbons (Fsp3) is 0.375. The van der Waals surface area contributed by atoms with Crippen LogP contribution >= 0.6 is 0 Å². The first-order valence-corrected chi connectivity index (χ1v) is 7.13. The summed E-state index contributed by atoms with van der Waals surface area (Å²) in [7, 11) is 0. The number of fused-ring (bicyclic) bond motifs is 1. The zero-order valence-electron chi connectivity index (χ0n) is 11.5. The van der Waals surface area contributed by atoms with Gasteiger partial charge in [0.1, 0.15) is 0 Å². The zero-order valence-corrected chi connectivity index (χ0v) is 11.5. The highest BCUT2D eigenvalue weighted by Crippen LogP contribution is 2.26. The Balaban J connectivity index is 1.89. The average molecular weight is 269 g/mol. The molecule has 2 aromatic heterocycles. The van der Waals surface area contributed by atoms with Crippen molar-refractivity contribution in [3.05, 3.63) is 63.8 Å². The summed E-state index contributed by atoms with van der Waals surface area (Å²) < 4.78 is 1.90. The molecule has 0 saturated heterocycles. The first-order chi connectivity index (χ1) is 9.75. The van der Waals surface area contributed by atoms with E-state index < -0.39 is 0 Å². The number of pyridine rings is 2. The van der Waals surface area contributed by atoms with Crippen LogP contribution in [0.2, 0.25) is 0 Å². The predicted octanol–water partition coefficient (Wildman–Crippen LogP) is 1.82. The second-order valence-electron chi connectivity index (χ2n) is 5.33.